The summed E-state index contributed by atoms with van der Waals surface area (Å²) in [5, 5.41) is 1.00. The second-order valence-electron chi connectivity index (χ2n) is 5.39. The first-order valence-corrected chi connectivity index (χ1v) is 6.97. The number of hydrogen-bond donors (Lipinski definition) is 1. The van der Waals surface area contributed by atoms with Crippen LogP contribution >= 0.6 is 0 Å². The lowest BCUT2D eigenvalue weighted by Crippen LogP contribution is -2.23. The molecule has 0 atom stereocenters. The third kappa shape index (κ3) is 2.40. The quantitative estimate of drug-likeness (QED) is 0.930. The lowest BCUT2D eigenvalue weighted by Gasteiger charge is -2.21. The van der Waals surface area contributed by atoms with Gasteiger partial charge in [-0.1, -0.05) is 6.08 Å². The number of hydrogen-bond acceptors (Lipinski definition) is 3. The number of fused-ring (bicyclic) bond motifs is 1. The van der Waals surface area contributed by atoms with E-state index in [0.717, 1.165) is 36.0 Å². The van der Waals surface area contributed by atoms with Gasteiger partial charge in [0.1, 0.15) is 7.11 Å². The van der Waals surface area contributed by atoms with Crippen LogP contribution in [0.15, 0.2) is 30.5 Å². The van der Waals surface area contributed by atoms with Crippen molar-refractivity contribution in [2.24, 2.45) is 5.73 Å². The Balaban J connectivity index is 2.17. The molecule has 0 radical (unpaired) electrons. The van der Waals surface area contributed by atoms with E-state index in [4.69, 9.17) is 10.6 Å². The Labute approximate surface area is 123 Å². The molecule has 5 nitrogen and oxygen atoms in total. The smallest absolute Gasteiger partial charge is 0.248 e. The maximum absolute atomic E-state index is 11.4. The predicted molar refractivity (Wildman–Crippen MR) is 83.1 cm³/mol. The highest BCUT2D eigenvalue weighted by atomic mass is 16.6. The Hall–Kier alpha value is -2.27. The molecule has 0 bridgehead atoms. The molecule has 2 N–H and O–H groups in total. The standard InChI is InChI=1S/C16H19N3O2/c1-18-7-5-11(6-8-18)14-10-19(21-2)15-4-3-12(16(17)20)9-13(14)15/h3-5,9-10H,6-8H2,1-2H3,(H2,17,20). The Kier molecular flexibility index (Phi) is 3.43. The van der Waals surface area contributed by atoms with Crippen molar-refractivity contribution < 1.29 is 9.63 Å². The van der Waals surface area contributed by atoms with E-state index in [1.807, 2.05) is 18.3 Å². The van der Waals surface area contributed by atoms with E-state index in [9.17, 15) is 4.79 Å². The van der Waals surface area contributed by atoms with Crippen LogP contribution in [0.1, 0.15) is 22.3 Å². The summed E-state index contributed by atoms with van der Waals surface area (Å²) < 4.78 is 1.73. The summed E-state index contributed by atoms with van der Waals surface area (Å²) in [6, 6.07) is 5.45. The summed E-state index contributed by atoms with van der Waals surface area (Å²) in [6.45, 7) is 1.96. The normalized spacial score (nSPS) is 16.0. The van der Waals surface area contributed by atoms with Gasteiger partial charge in [0, 0.05) is 29.6 Å². The third-order valence-electron chi connectivity index (χ3n) is 4.01. The Bertz CT molecular complexity index is 730. The highest BCUT2D eigenvalue weighted by Crippen LogP contribution is 2.31. The van der Waals surface area contributed by atoms with E-state index < -0.39 is 5.91 Å². The minimum absolute atomic E-state index is 0.412. The number of rotatable bonds is 3. The summed E-state index contributed by atoms with van der Waals surface area (Å²) in [5.41, 5.74) is 9.26. The number of nitrogens with two attached hydrogens (primary N) is 1. The maximum atomic E-state index is 11.4. The molecule has 1 aromatic heterocycles. The number of carbonyl (C=O) groups is 1. The molecule has 2 heterocycles. The monoisotopic (exact) mass is 285 g/mol. The van der Waals surface area contributed by atoms with Gasteiger partial charge in [-0.2, -0.15) is 4.73 Å². The van der Waals surface area contributed by atoms with Gasteiger partial charge in [0.05, 0.1) is 11.7 Å². The van der Waals surface area contributed by atoms with Gasteiger partial charge in [0.15, 0.2) is 0 Å². The molecule has 0 aliphatic carbocycles. The minimum atomic E-state index is -0.412. The Morgan fingerprint density at radius 3 is 2.81 bits per heavy atom. The van der Waals surface area contributed by atoms with E-state index >= 15 is 0 Å². The number of aromatic nitrogens is 1. The van der Waals surface area contributed by atoms with Gasteiger partial charge in [-0.15, -0.1) is 0 Å². The van der Waals surface area contributed by atoms with E-state index in [0.29, 0.717) is 5.56 Å². The van der Waals surface area contributed by atoms with Gasteiger partial charge >= 0.3 is 0 Å². The van der Waals surface area contributed by atoms with Crippen molar-refractivity contribution in [3.05, 3.63) is 41.6 Å². The molecule has 1 amide bonds. The highest BCUT2D eigenvalue weighted by molar-refractivity contribution is 6.00. The zero-order chi connectivity index (χ0) is 15.0. The maximum Gasteiger partial charge on any atom is 0.248 e. The van der Waals surface area contributed by atoms with Crippen molar-refractivity contribution in [2.75, 3.05) is 27.2 Å². The minimum Gasteiger partial charge on any atom is -0.417 e. The molecule has 0 fully saturated rings. The van der Waals surface area contributed by atoms with Crippen molar-refractivity contribution in [1.82, 2.24) is 9.63 Å². The summed E-state index contributed by atoms with van der Waals surface area (Å²) >= 11 is 0. The number of benzene rings is 1. The fraction of sp³-hybridized carbons (Fsp3) is 0.312. The summed E-state index contributed by atoms with van der Waals surface area (Å²) in [6.07, 6.45) is 5.20. The average molecular weight is 285 g/mol. The van der Waals surface area contributed by atoms with Gasteiger partial charge in [-0.05, 0) is 37.2 Å². The molecule has 5 heteroatoms. The molecular weight excluding hydrogens is 266 g/mol. The second-order valence-corrected chi connectivity index (χ2v) is 5.39. The summed E-state index contributed by atoms with van der Waals surface area (Å²) in [5.74, 6) is -0.412. The molecule has 0 unspecified atom stereocenters. The van der Waals surface area contributed by atoms with Gasteiger partial charge in [-0.25, -0.2) is 0 Å². The zero-order valence-corrected chi connectivity index (χ0v) is 12.3. The van der Waals surface area contributed by atoms with Gasteiger partial charge in [0.2, 0.25) is 5.91 Å². The Morgan fingerprint density at radius 1 is 1.38 bits per heavy atom. The number of nitrogens with zero attached hydrogens (tertiary/aromatic N) is 2. The molecule has 0 saturated carbocycles. The van der Waals surface area contributed by atoms with Gasteiger partial charge < -0.3 is 15.5 Å². The molecule has 110 valence electrons. The largest absolute Gasteiger partial charge is 0.417 e. The molecule has 1 aromatic carbocycles. The topological polar surface area (TPSA) is 60.5 Å². The van der Waals surface area contributed by atoms with E-state index in [1.165, 1.54) is 5.57 Å². The van der Waals surface area contributed by atoms with Gasteiger partial charge in [0.25, 0.3) is 0 Å². The molecule has 21 heavy (non-hydrogen) atoms. The van der Waals surface area contributed by atoms with Crippen molar-refractivity contribution in [3.63, 3.8) is 0 Å². The van der Waals surface area contributed by atoms with Crippen LogP contribution in [-0.2, 0) is 0 Å². The number of likely N-dealkylation sites (N-methyl/N-ethyl adjacent to an activating group) is 1. The van der Waals surface area contributed by atoms with Crippen LogP contribution in [0.2, 0.25) is 0 Å². The van der Waals surface area contributed by atoms with E-state index in [1.54, 1.807) is 17.9 Å². The molecule has 1 aliphatic heterocycles. The first kappa shape index (κ1) is 13.7. The predicted octanol–water partition coefficient (Wildman–Crippen LogP) is 1.52. The fourth-order valence-corrected chi connectivity index (χ4v) is 2.78. The fourth-order valence-electron chi connectivity index (χ4n) is 2.78. The third-order valence-corrected chi connectivity index (χ3v) is 4.01. The molecule has 2 aromatic rings. The van der Waals surface area contributed by atoms with Crippen LogP contribution in [-0.4, -0.2) is 42.8 Å². The van der Waals surface area contributed by atoms with Crippen molar-refractivity contribution >= 4 is 22.4 Å². The van der Waals surface area contributed by atoms with Crippen LogP contribution in [0.5, 0.6) is 0 Å². The van der Waals surface area contributed by atoms with Crippen LogP contribution < -0.4 is 10.6 Å². The summed E-state index contributed by atoms with van der Waals surface area (Å²) in [7, 11) is 3.74. The lowest BCUT2D eigenvalue weighted by atomic mass is 9.98. The molecule has 1 aliphatic rings. The number of carbonyl (C=O) groups excluding carboxylic acids is 1. The summed E-state index contributed by atoms with van der Waals surface area (Å²) in [4.78, 5) is 19.1. The molecule has 0 saturated heterocycles. The zero-order valence-electron chi connectivity index (χ0n) is 12.3. The van der Waals surface area contributed by atoms with E-state index in [2.05, 4.69) is 18.0 Å². The lowest BCUT2D eigenvalue weighted by molar-refractivity contribution is 0.100. The first-order chi connectivity index (χ1) is 10.1. The molecular formula is C16H19N3O2. The van der Waals surface area contributed by atoms with E-state index in [-0.39, 0.29) is 0 Å². The number of amides is 1. The van der Waals surface area contributed by atoms with Gasteiger partial charge in [-0.3, -0.25) is 4.79 Å². The SMILES string of the molecule is COn1cc(C2=CCN(C)CC2)c2cc(C(N)=O)ccc21. The Morgan fingerprint density at radius 2 is 2.19 bits per heavy atom. The average Bonchev–Trinajstić information content (AvgIpc) is 2.86. The van der Waals surface area contributed by atoms with Crippen LogP contribution in [0, 0.1) is 0 Å². The highest BCUT2D eigenvalue weighted by Gasteiger charge is 2.17. The molecule has 3 rings (SSSR count). The van der Waals surface area contributed by atoms with Crippen LogP contribution in [0.25, 0.3) is 16.5 Å². The van der Waals surface area contributed by atoms with Crippen molar-refractivity contribution in [3.8, 4) is 0 Å². The first-order valence-electron chi connectivity index (χ1n) is 6.97. The van der Waals surface area contributed by atoms with Crippen molar-refractivity contribution in [2.45, 2.75) is 6.42 Å². The van der Waals surface area contributed by atoms with Crippen molar-refractivity contribution in [1.29, 1.82) is 0 Å². The van der Waals surface area contributed by atoms with Crippen LogP contribution in [0.4, 0.5) is 0 Å². The van der Waals surface area contributed by atoms with Crippen LogP contribution in [0.3, 0.4) is 0 Å². The molecule has 0 spiro atoms. The number of primary amides is 1. The second kappa shape index (κ2) is 5.26.